The van der Waals surface area contributed by atoms with Gasteiger partial charge in [0.1, 0.15) is 36.3 Å². The lowest BCUT2D eigenvalue weighted by Gasteiger charge is -2.38. The van der Waals surface area contributed by atoms with Crippen LogP contribution in [0.25, 0.3) is 11.1 Å². The van der Waals surface area contributed by atoms with Crippen LogP contribution in [0.15, 0.2) is 61.4 Å². The summed E-state index contributed by atoms with van der Waals surface area (Å²) in [6, 6.07) is 12.2. The number of amides is 1. The average Bonchev–Trinajstić information content (AvgIpc) is 3.45. The van der Waals surface area contributed by atoms with Crippen LogP contribution in [0.5, 0.6) is 11.5 Å². The molecule has 0 radical (unpaired) electrons. The Balaban J connectivity index is 1.27. The van der Waals surface area contributed by atoms with Gasteiger partial charge in [-0.05, 0) is 42.8 Å². The number of methoxy groups -OCH3 is 1. The van der Waals surface area contributed by atoms with E-state index >= 15 is 0 Å². The molecule has 210 valence electrons. The minimum absolute atomic E-state index is 0.0356. The van der Waals surface area contributed by atoms with Crippen molar-refractivity contribution < 1.29 is 23.0 Å². The van der Waals surface area contributed by atoms with Gasteiger partial charge in [-0.15, -0.1) is 0 Å². The van der Waals surface area contributed by atoms with Crippen molar-refractivity contribution in [3.05, 3.63) is 72.6 Å². The number of rotatable bonds is 10. The van der Waals surface area contributed by atoms with Crippen LogP contribution < -0.4 is 14.8 Å². The molecule has 2 aromatic heterocycles. The van der Waals surface area contributed by atoms with Gasteiger partial charge in [0.2, 0.25) is 12.4 Å². The van der Waals surface area contributed by atoms with E-state index in [0.29, 0.717) is 46.4 Å². The highest BCUT2D eigenvalue weighted by molar-refractivity contribution is 5.96. The highest BCUT2D eigenvalue weighted by Gasteiger charge is 2.37. The summed E-state index contributed by atoms with van der Waals surface area (Å²) >= 11 is 0. The summed E-state index contributed by atoms with van der Waals surface area (Å²) in [6.45, 7) is 2.42. The summed E-state index contributed by atoms with van der Waals surface area (Å²) in [6.07, 6.45) is 3.61. The second kappa shape index (κ2) is 12.0. The molecule has 1 saturated heterocycles. The first-order valence-corrected chi connectivity index (χ1v) is 12.7. The van der Waals surface area contributed by atoms with E-state index in [1.165, 1.54) is 18.3 Å². The largest absolute Gasteiger partial charge is 0.495 e. The number of aromatic nitrogens is 5. The van der Waals surface area contributed by atoms with Gasteiger partial charge in [-0.25, -0.2) is 28.4 Å². The molecule has 1 unspecified atom stereocenters. The number of carbonyl (C=O) groups is 1. The molecule has 0 bridgehead atoms. The molecule has 1 aliphatic heterocycles. The van der Waals surface area contributed by atoms with Gasteiger partial charge in [0.05, 0.1) is 30.8 Å². The van der Waals surface area contributed by atoms with Gasteiger partial charge >= 0.3 is 0 Å². The molecule has 3 heterocycles. The van der Waals surface area contributed by atoms with Gasteiger partial charge in [-0.2, -0.15) is 10.4 Å². The van der Waals surface area contributed by atoms with E-state index in [1.54, 1.807) is 59.8 Å². The van der Waals surface area contributed by atoms with Crippen molar-refractivity contribution in [1.82, 2.24) is 29.6 Å². The first-order chi connectivity index (χ1) is 19.8. The molecule has 1 aliphatic rings. The van der Waals surface area contributed by atoms with Gasteiger partial charge in [0, 0.05) is 36.6 Å². The number of benzene rings is 2. The number of hydrogen-bond acceptors (Lipinski definition) is 9. The number of anilines is 2. The third-order valence-electron chi connectivity index (χ3n) is 6.57. The van der Waals surface area contributed by atoms with Crippen molar-refractivity contribution in [1.29, 1.82) is 5.26 Å². The predicted octanol–water partition coefficient (Wildman–Crippen LogP) is 4.16. The van der Waals surface area contributed by atoms with Crippen LogP contribution in [0.2, 0.25) is 0 Å². The van der Waals surface area contributed by atoms with E-state index in [-0.39, 0.29) is 25.1 Å². The molecule has 13 heteroatoms. The minimum atomic E-state index is -2.43. The fourth-order valence-electron chi connectivity index (χ4n) is 4.35. The summed E-state index contributed by atoms with van der Waals surface area (Å²) in [5.41, 5.74) is 2.74. The molecule has 0 saturated carbocycles. The molecule has 0 aliphatic carbocycles. The number of carbonyl (C=O) groups excluding carboxylic acids is 1. The molecule has 1 atom stereocenters. The van der Waals surface area contributed by atoms with E-state index in [2.05, 4.69) is 31.4 Å². The lowest BCUT2D eigenvalue weighted by molar-refractivity contribution is -0.0152. The Morgan fingerprint density at radius 3 is 2.59 bits per heavy atom. The molecule has 1 fully saturated rings. The first-order valence-electron chi connectivity index (χ1n) is 12.7. The molecular formula is C28H26F2N8O3. The second-order valence-corrected chi connectivity index (χ2v) is 9.51. The number of hydrogen-bond donors (Lipinski definition) is 1. The SMILES string of the molecule is COc1cc(C(=O)N2CC(C(F)F)C2)ccc1Nc1ncc(-c2ccc(C#N)c(OC(C)Cn3cncn3)c2)cn1. The zero-order valence-electron chi connectivity index (χ0n) is 22.2. The van der Waals surface area contributed by atoms with Crippen molar-refractivity contribution in [3.8, 4) is 28.7 Å². The topological polar surface area (TPSA) is 131 Å². The zero-order chi connectivity index (χ0) is 28.9. The first kappa shape index (κ1) is 27.4. The third-order valence-corrected chi connectivity index (χ3v) is 6.57. The van der Waals surface area contributed by atoms with Crippen LogP contribution in [-0.2, 0) is 6.54 Å². The van der Waals surface area contributed by atoms with Crippen LogP contribution in [0, 0.1) is 17.2 Å². The maximum atomic E-state index is 12.8. The summed E-state index contributed by atoms with van der Waals surface area (Å²) < 4.78 is 38.7. The quantitative estimate of drug-likeness (QED) is 0.304. The van der Waals surface area contributed by atoms with Crippen LogP contribution in [0.3, 0.4) is 0 Å². The fourth-order valence-corrected chi connectivity index (χ4v) is 4.35. The molecular weight excluding hydrogens is 534 g/mol. The summed E-state index contributed by atoms with van der Waals surface area (Å²) in [7, 11) is 1.46. The number of alkyl halides is 2. The molecule has 4 aromatic rings. The molecule has 11 nitrogen and oxygen atoms in total. The minimum Gasteiger partial charge on any atom is -0.495 e. The van der Waals surface area contributed by atoms with Gasteiger partial charge in [0.15, 0.2) is 0 Å². The van der Waals surface area contributed by atoms with E-state index in [1.807, 2.05) is 6.92 Å². The molecule has 2 aromatic carbocycles. The van der Waals surface area contributed by atoms with E-state index in [4.69, 9.17) is 9.47 Å². The Bertz CT molecular complexity index is 1550. The second-order valence-electron chi connectivity index (χ2n) is 9.51. The summed E-state index contributed by atoms with van der Waals surface area (Å²) in [5, 5.41) is 16.7. The van der Waals surface area contributed by atoms with Crippen molar-refractivity contribution in [3.63, 3.8) is 0 Å². The van der Waals surface area contributed by atoms with E-state index in [0.717, 1.165) is 5.56 Å². The van der Waals surface area contributed by atoms with Gasteiger partial charge in [0.25, 0.3) is 5.91 Å². The highest BCUT2D eigenvalue weighted by atomic mass is 19.3. The Kier molecular flexibility index (Phi) is 8.00. The molecule has 0 spiro atoms. The number of nitriles is 1. The summed E-state index contributed by atoms with van der Waals surface area (Å²) in [5.74, 6) is -0.00379. The van der Waals surface area contributed by atoms with Gasteiger partial charge in [-0.3, -0.25) is 4.79 Å². The monoisotopic (exact) mass is 560 g/mol. The number of nitrogens with zero attached hydrogens (tertiary/aromatic N) is 7. The standard InChI is InChI=1S/C28H26F2N8O3/c1-17(12-38-16-32-15-35-38)41-24-7-18(3-4-20(24)9-31)21-10-33-28(34-11-21)36-23-6-5-19(8-25(23)40-2)27(39)37-13-22(14-37)26(29)30/h3-8,10-11,15-17,22,26H,12-14H2,1-2H3,(H,33,34,36). The zero-order valence-corrected chi connectivity index (χ0v) is 22.2. The Hall–Kier alpha value is -5.12. The number of ether oxygens (including phenoxy) is 2. The maximum Gasteiger partial charge on any atom is 0.254 e. The number of halogens is 2. The number of likely N-dealkylation sites (tertiary alicyclic amines) is 1. The molecule has 5 rings (SSSR count). The van der Waals surface area contributed by atoms with Crippen molar-refractivity contribution >= 4 is 17.5 Å². The summed E-state index contributed by atoms with van der Waals surface area (Å²) in [4.78, 5) is 26.7. The average molecular weight is 561 g/mol. The van der Waals surface area contributed by atoms with Gasteiger partial charge < -0.3 is 19.7 Å². The molecule has 1 amide bonds. The van der Waals surface area contributed by atoms with E-state index < -0.39 is 12.3 Å². The van der Waals surface area contributed by atoms with Crippen molar-refractivity contribution in [2.45, 2.75) is 26.0 Å². The lowest BCUT2D eigenvalue weighted by Crippen LogP contribution is -2.52. The smallest absolute Gasteiger partial charge is 0.254 e. The normalized spacial score (nSPS) is 13.8. The Morgan fingerprint density at radius 2 is 1.93 bits per heavy atom. The highest BCUT2D eigenvalue weighted by Crippen LogP contribution is 2.31. The van der Waals surface area contributed by atoms with E-state index in [9.17, 15) is 18.8 Å². The van der Waals surface area contributed by atoms with Crippen molar-refractivity contribution in [2.24, 2.45) is 5.92 Å². The van der Waals surface area contributed by atoms with Crippen LogP contribution in [0.1, 0.15) is 22.8 Å². The van der Waals surface area contributed by atoms with Crippen LogP contribution >= 0.6 is 0 Å². The fraction of sp³-hybridized carbons (Fsp3) is 0.286. The predicted molar refractivity (Wildman–Crippen MR) is 144 cm³/mol. The van der Waals surface area contributed by atoms with Gasteiger partial charge in [-0.1, -0.05) is 6.07 Å². The van der Waals surface area contributed by atoms with Crippen molar-refractivity contribution in [2.75, 3.05) is 25.5 Å². The third kappa shape index (κ3) is 6.22. The Morgan fingerprint density at radius 1 is 1.15 bits per heavy atom. The van der Waals surface area contributed by atoms with Crippen LogP contribution in [-0.4, -0.2) is 68.3 Å². The molecule has 1 N–H and O–H groups in total. The Labute approximate surface area is 234 Å². The number of nitrogens with one attached hydrogen (secondary N) is 1. The molecule has 41 heavy (non-hydrogen) atoms. The van der Waals surface area contributed by atoms with Crippen LogP contribution in [0.4, 0.5) is 20.4 Å². The lowest BCUT2D eigenvalue weighted by atomic mass is 9.99. The maximum absolute atomic E-state index is 12.8.